The second kappa shape index (κ2) is 8.16. The molecular formula is C14H21F2NO. The average Bonchev–Trinajstić information content (AvgIpc) is 2.35. The number of aryl methyl sites for hydroxylation is 1. The molecule has 0 aliphatic carbocycles. The predicted molar refractivity (Wildman–Crippen MR) is 68.8 cm³/mol. The first-order chi connectivity index (χ1) is 8.63. The fraction of sp³-hybridized carbons (Fsp3) is 0.571. The zero-order valence-corrected chi connectivity index (χ0v) is 10.7. The van der Waals surface area contributed by atoms with E-state index in [-0.39, 0.29) is 12.6 Å². The van der Waals surface area contributed by atoms with Gasteiger partial charge in [-0.3, -0.25) is 0 Å². The minimum atomic E-state index is -2.41. The van der Waals surface area contributed by atoms with Gasteiger partial charge in [0.1, 0.15) is 6.61 Å². The van der Waals surface area contributed by atoms with E-state index in [1.165, 1.54) is 5.56 Å². The fourth-order valence-electron chi connectivity index (χ4n) is 1.77. The molecule has 0 saturated heterocycles. The van der Waals surface area contributed by atoms with E-state index in [1.54, 1.807) is 0 Å². The smallest absolute Gasteiger partial charge is 0.261 e. The first kappa shape index (κ1) is 15.1. The van der Waals surface area contributed by atoms with Crippen molar-refractivity contribution in [1.29, 1.82) is 0 Å². The summed E-state index contributed by atoms with van der Waals surface area (Å²) in [5.41, 5.74) is 8.29. The maximum Gasteiger partial charge on any atom is 0.261 e. The van der Waals surface area contributed by atoms with Crippen molar-refractivity contribution in [3.63, 3.8) is 0 Å². The minimum Gasteiger partial charge on any atom is -0.375 e. The van der Waals surface area contributed by atoms with Gasteiger partial charge in [0.15, 0.2) is 0 Å². The summed E-state index contributed by atoms with van der Waals surface area (Å²) in [5, 5.41) is 0. The summed E-state index contributed by atoms with van der Waals surface area (Å²) in [4.78, 5) is 0. The second-order valence-electron chi connectivity index (χ2n) is 4.35. The topological polar surface area (TPSA) is 35.2 Å². The van der Waals surface area contributed by atoms with Crippen molar-refractivity contribution in [3.05, 3.63) is 35.4 Å². The lowest BCUT2D eigenvalue weighted by Crippen LogP contribution is -2.14. The number of hydrogen-bond donors (Lipinski definition) is 1. The minimum absolute atomic E-state index is 0.154. The van der Waals surface area contributed by atoms with E-state index in [2.05, 4.69) is 19.1 Å². The largest absolute Gasteiger partial charge is 0.375 e. The Bertz CT molecular complexity index is 327. The highest BCUT2D eigenvalue weighted by molar-refractivity contribution is 5.24. The molecule has 0 amide bonds. The zero-order chi connectivity index (χ0) is 13.4. The van der Waals surface area contributed by atoms with Gasteiger partial charge in [0.2, 0.25) is 0 Å². The molecule has 0 bridgehead atoms. The highest BCUT2D eigenvalue weighted by Gasteiger charge is 2.07. The lowest BCUT2D eigenvalue weighted by atomic mass is 10.0. The lowest BCUT2D eigenvalue weighted by molar-refractivity contribution is 0.0152. The third-order valence-electron chi connectivity index (χ3n) is 2.76. The van der Waals surface area contributed by atoms with Gasteiger partial charge >= 0.3 is 0 Å². The van der Waals surface area contributed by atoms with Gasteiger partial charge in [-0.15, -0.1) is 0 Å². The van der Waals surface area contributed by atoms with E-state index in [0.29, 0.717) is 6.42 Å². The van der Waals surface area contributed by atoms with Crippen LogP contribution in [-0.4, -0.2) is 19.6 Å². The van der Waals surface area contributed by atoms with E-state index in [4.69, 9.17) is 10.5 Å². The molecule has 2 nitrogen and oxygen atoms in total. The zero-order valence-electron chi connectivity index (χ0n) is 10.7. The molecule has 2 N–H and O–H groups in total. The van der Waals surface area contributed by atoms with Crippen molar-refractivity contribution in [2.75, 3.05) is 13.2 Å². The Kier molecular flexibility index (Phi) is 6.83. The third kappa shape index (κ3) is 5.56. The summed E-state index contributed by atoms with van der Waals surface area (Å²) < 4.78 is 28.5. The Labute approximate surface area is 107 Å². The number of hydrogen-bond acceptors (Lipinski definition) is 2. The van der Waals surface area contributed by atoms with Crippen molar-refractivity contribution in [1.82, 2.24) is 0 Å². The molecule has 0 aliphatic heterocycles. The monoisotopic (exact) mass is 257 g/mol. The van der Waals surface area contributed by atoms with Crippen LogP contribution in [0.2, 0.25) is 0 Å². The number of halogens is 2. The van der Waals surface area contributed by atoms with Crippen LogP contribution in [0.1, 0.15) is 36.9 Å². The SMILES string of the molecule is CCCc1ccc(C(N)CCOCC(F)F)cc1. The number of rotatable bonds is 8. The van der Waals surface area contributed by atoms with Crippen molar-refractivity contribution in [2.45, 2.75) is 38.7 Å². The van der Waals surface area contributed by atoms with Gasteiger partial charge in [0.25, 0.3) is 6.43 Å². The normalized spacial score (nSPS) is 12.9. The molecular weight excluding hydrogens is 236 g/mol. The van der Waals surface area contributed by atoms with E-state index in [0.717, 1.165) is 18.4 Å². The van der Waals surface area contributed by atoms with Crippen molar-refractivity contribution in [2.24, 2.45) is 5.73 Å². The summed E-state index contributed by atoms with van der Waals surface area (Å²) >= 11 is 0. The summed E-state index contributed by atoms with van der Waals surface area (Å²) in [6.45, 7) is 1.89. The van der Waals surface area contributed by atoms with Crippen LogP contribution < -0.4 is 5.73 Å². The summed E-state index contributed by atoms with van der Waals surface area (Å²) in [6, 6.07) is 7.99. The van der Waals surface area contributed by atoms with E-state index in [1.807, 2.05) is 12.1 Å². The molecule has 18 heavy (non-hydrogen) atoms. The maximum atomic E-state index is 11.8. The number of benzene rings is 1. The van der Waals surface area contributed by atoms with Gasteiger partial charge in [-0.05, 0) is 24.0 Å². The van der Waals surface area contributed by atoms with Crippen LogP contribution in [0, 0.1) is 0 Å². The molecule has 102 valence electrons. The molecule has 1 unspecified atom stereocenters. The number of alkyl halides is 2. The van der Waals surface area contributed by atoms with E-state index in [9.17, 15) is 8.78 Å². The molecule has 4 heteroatoms. The summed E-state index contributed by atoms with van der Waals surface area (Å²) in [7, 11) is 0. The molecule has 0 aliphatic rings. The van der Waals surface area contributed by atoms with Gasteiger partial charge in [-0.1, -0.05) is 37.6 Å². The van der Waals surface area contributed by atoms with Crippen LogP contribution in [0.3, 0.4) is 0 Å². The number of ether oxygens (including phenoxy) is 1. The standard InChI is InChI=1S/C14H21F2NO/c1-2-3-11-4-6-12(7-5-11)13(17)8-9-18-10-14(15)16/h4-7,13-14H,2-3,8-10,17H2,1H3. The van der Waals surface area contributed by atoms with Crippen LogP contribution in [0.5, 0.6) is 0 Å². The van der Waals surface area contributed by atoms with Gasteiger partial charge < -0.3 is 10.5 Å². The fourth-order valence-corrected chi connectivity index (χ4v) is 1.77. The van der Waals surface area contributed by atoms with Gasteiger partial charge in [0, 0.05) is 12.6 Å². The van der Waals surface area contributed by atoms with Gasteiger partial charge in [-0.25, -0.2) is 8.78 Å². The van der Waals surface area contributed by atoms with Gasteiger partial charge in [0.05, 0.1) is 0 Å². The Hall–Kier alpha value is -1.00. The van der Waals surface area contributed by atoms with Gasteiger partial charge in [-0.2, -0.15) is 0 Å². The third-order valence-corrected chi connectivity index (χ3v) is 2.76. The predicted octanol–water partition coefficient (Wildman–Crippen LogP) is 3.31. The lowest BCUT2D eigenvalue weighted by Gasteiger charge is -2.12. The molecule has 0 saturated carbocycles. The average molecular weight is 257 g/mol. The van der Waals surface area contributed by atoms with Crippen molar-refractivity contribution >= 4 is 0 Å². The Morgan fingerprint density at radius 3 is 2.44 bits per heavy atom. The van der Waals surface area contributed by atoms with Crippen LogP contribution in [0.4, 0.5) is 8.78 Å². The molecule has 1 aromatic carbocycles. The van der Waals surface area contributed by atoms with Crippen molar-refractivity contribution < 1.29 is 13.5 Å². The van der Waals surface area contributed by atoms with Crippen LogP contribution in [-0.2, 0) is 11.2 Å². The highest BCUT2D eigenvalue weighted by atomic mass is 19.3. The molecule has 0 heterocycles. The molecule has 1 atom stereocenters. The first-order valence-electron chi connectivity index (χ1n) is 6.33. The van der Waals surface area contributed by atoms with Crippen LogP contribution in [0.15, 0.2) is 24.3 Å². The van der Waals surface area contributed by atoms with Crippen molar-refractivity contribution in [3.8, 4) is 0 Å². The van der Waals surface area contributed by atoms with Crippen LogP contribution in [0.25, 0.3) is 0 Å². The Morgan fingerprint density at radius 2 is 1.89 bits per heavy atom. The molecule has 0 aromatic heterocycles. The number of nitrogens with two attached hydrogens (primary N) is 1. The molecule has 0 fully saturated rings. The molecule has 0 spiro atoms. The highest BCUT2D eigenvalue weighted by Crippen LogP contribution is 2.15. The Morgan fingerprint density at radius 1 is 1.22 bits per heavy atom. The van der Waals surface area contributed by atoms with E-state index < -0.39 is 13.0 Å². The summed E-state index contributed by atoms with van der Waals surface area (Å²) in [6.07, 6.45) is 0.328. The van der Waals surface area contributed by atoms with Crippen LogP contribution >= 0.6 is 0 Å². The molecule has 1 aromatic rings. The van der Waals surface area contributed by atoms with E-state index >= 15 is 0 Å². The Balaban J connectivity index is 2.34. The first-order valence-corrected chi connectivity index (χ1v) is 6.33. The second-order valence-corrected chi connectivity index (χ2v) is 4.35. The molecule has 1 rings (SSSR count). The quantitative estimate of drug-likeness (QED) is 0.725. The maximum absolute atomic E-state index is 11.8. The summed E-state index contributed by atoms with van der Waals surface area (Å²) in [5.74, 6) is 0. The molecule has 0 radical (unpaired) electrons.